The molecule has 3 amide bonds. The Labute approximate surface area is 163 Å². The molecule has 0 atom stereocenters. The lowest BCUT2D eigenvalue weighted by atomic mass is 10.0. The van der Waals surface area contributed by atoms with Gasteiger partial charge in [-0.3, -0.25) is 4.79 Å². The van der Waals surface area contributed by atoms with Crippen LogP contribution in [0.15, 0.2) is 59.1 Å². The van der Waals surface area contributed by atoms with Crippen LogP contribution in [0.3, 0.4) is 0 Å². The van der Waals surface area contributed by atoms with Crippen LogP contribution in [-0.4, -0.2) is 17.1 Å². The normalized spacial score (nSPS) is 10.6. The number of rotatable bonds is 5. The van der Waals surface area contributed by atoms with Crippen molar-refractivity contribution in [3.8, 4) is 0 Å². The van der Waals surface area contributed by atoms with E-state index < -0.39 is 0 Å². The molecule has 7 heteroatoms. The first kappa shape index (κ1) is 19.2. The smallest absolute Gasteiger partial charge is 0.323 e. The summed E-state index contributed by atoms with van der Waals surface area (Å²) in [7, 11) is 0. The number of amides is 3. The number of nitrogens with one attached hydrogen (secondary N) is 3. The molecule has 3 N–H and O–H groups in total. The monoisotopic (exact) mass is 378 g/mol. The number of para-hydroxylation sites is 1. The number of anilines is 3. The van der Waals surface area contributed by atoms with Crippen LogP contribution in [0, 0.1) is 6.92 Å². The van der Waals surface area contributed by atoms with Crippen LogP contribution >= 0.6 is 0 Å². The molecule has 1 heterocycles. The maximum atomic E-state index is 12.7. The Hall–Kier alpha value is -3.61. The van der Waals surface area contributed by atoms with Crippen molar-refractivity contribution in [3.05, 3.63) is 71.6 Å². The molecule has 2 aromatic carbocycles. The van der Waals surface area contributed by atoms with Gasteiger partial charge >= 0.3 is 6.03 Å². The minimum absolute atomic E-state index is 0.0385. The second-order valence-corrected chi connectivity index (χ2v) is 6.64. The topological polar surface area (TPSA) is 96.3 Å². The van der Waals surface area contributed by atoms with Crippen molar-refractivity contribution >= 4 is 29.0 Å². The SMILES string of the molecule is Cc1noc(C(C)C)c1C(=O)Nc1cccc(NC(=O)Nc2ccccc2)c1. The summed E-state index contributed by atoms with van der Waals surface area (Å²) >= 11 is 0. The quantitative estimate of drug-likeness (QED) is 0.582. The van der Waals surface area contributed by atoms with Crippen LogP contribution in [-0.2, 0) is 0 Å². The molecule has 0 bridgehead atoms. The van der Waals surface area contributed by atoms with E-state index in [1.54, 1.807) is 43.3 Å². The highest BCUT2D eigenvalue weighted by molar-refractivity contribution is 6.06. The van der Waals surface area contributed by atoms with Gasteiger partial charge in [0.05, 0.1) is 5.69 Å². The van der Waals surface area contributed by atoms with Gasteiger partial charge in [0.1, 0.15) is 5.56 Å². The molecule has 0 unspecified atom stereocenters. The third-order valence-electron chi connectivity index (χ3n) is 4.05. The van der Waals surface area contributed by atoms with Gasteiger partial charge in [0.15, 0.2) is 5.76 Å². The molecule has 0 aliphatic carbocycles. The predicted octanol–water partition coefficient (Wildman–Crippen LogP) is 5.00. The lowest BCUT2D eigenvalue weighted by Gasteiger charge is -2.10. The Morgan fingerprint density at radius 2 is 1.50 bits per heavy atom. The van der Waals surface area contributed by atoms with E-state index in [2.05, 4.69) is 21.1 Å². The second-order valence-electron chi connectivity index (χ2n) is 6.64. The number of nitrogens with zero attached hydrogens (tertiary/aromatic N) is 1. The van der Waals surface area contributed by atoms with E-state index in [0.29, 0.717) is 34.1 Å². The molecule has 0 aliphatic rings. The summed E-state index contributed by atoms with van der Waals surface area (Å²) in [5.41, 5.74) is 2.77. The van der Waals surface area contributed by atoms with E-state index in [1.807, 2.05) is 32.0 Å². The Bertz CT molecular complexity index is 980. The highest BCUT2D eigenvalue weighted by Crippen LogP contribution is 2.24. The number of benzene rings is 2. The summed E-state index contributed by atoms with van der Waals surface area (Å²) in [6.45, 7) is 5.61. The zero-order valence-corrected chi connectivity index (χ0v) is 15.9. The van der Waals surface area contributed by atoms with E-state index in [9.17, 15) is 9.59 Å². The molecule has 0 radical (unpaired) electrons. The first-order chi connectivity index (χ1) is 13.4. The predicted molar refractivity (Wildman–Crippen MR) is 109 cm³/mol. The summed E-state index contributed by atoms with van der Waals surface area (Å²) in [6.07, 6.45) is 0. The van der Waals surface area contributed by atoms with Crippen LogP contribution in [0.5, 0.6) is 0 Å². The number of aryl methyl sites for hydroxylation is 1. The van der Waals surface area contributed by atoms with Gasteiger partial charge in [-0.2, -0.15) is 0 Å². The maximum Gasteiger partial charge on any atom is 0.323 e. The Morgan fingerprint density at radius 1 is 0.893 bits per heavy atom. The Kier molecular flexibility index (Phi) is 5.74. The molecule has 144 valence electrons. The van der Waals surface area contributed by atoms with E-state index in [0.717, 1.165) is 0 Å². The van der Waals surface area contributed by atoms with Crippen molar-refractivity contribution in [1.29, 1.82) is 0 Å². The molecule has 0 saturated heterocycles. The average Bonchev–Trinajstić information content (AvgIpc) is 3.04. The van der Waals surface area contributed by atoms with Crippen molar-refractivity contribution in [2.75, 3.05) is 16.0 Å². The van der Waals surface area contributed by atoms with Gasteiger partial charge < -0.3 is 20.5 Å². The van der Waals surface area contributed by atoms with Gasteiger partial charge in [0.2, 0.25) is 0 Å². The average molecular weight is 378 g/mol. The molecule has 0 fully saturated rings. The molecular weight excluding hydrogens is 356 g/mol. The van der Waals surface area contributed by atoms with Crippen LogP contribution in [0.4, 0.5) is 21.9 Å². The fraction of sp³-hybridized carbons (Fsp3) is 0.190. The van der Waals surface area contributed by atoms with Gasteiger partial charge in [0.25, 0.3) is 5.91 Å². The zero-order chi connectivity index (χ0) is 20.1. The maximum absolute atomic E-state index is 12.7. The third-order valence-corrected chi connectivity index (χ3v) is 4.05. The molecule has 3 aromatic rings. The molecule has 0 saturated carbocycles. The minimum Gasteiger partial charge on any atom is -0.360 e. The molecule has 0 aliphatic heterocycles. The van der Waals surface area contributed by atoms with Crippen LogP contribution in [0.25, 0.3) is 0 Å². The fourth-order valence-corrected chi connectivity index (χ4v) is 2.74. The molecule has 0 spiro atoms. The van der Waals surface area contributed by atoms with Crippen molar-refractivity contribution in [3.63, 3.8) is 0 Å². The summed E-state index contributed by atoms with van der Waals surface area (Å²) in [5, 5.41) is 12.2. The lowest BCUT2D eigenvalue weighted by Crippen LogP contribution is -2.19. The Morgan fingerprint density at radius 3 is 2.18 bits per heavy atom. The number of urea groups is 1. The molecular formula is C21H22N4O3. The molecule has 28 heavy (non-hydrogen) atoms. The zero-order valence-electron chi connectivity index (χ0n) is 15.9. The number of carbonyl (C=O) groups is 2. The van der Waals surface area contributed by atoms with Gasteiger partial charge in [-0.1, -0.05) is 43.3 Å². The molecule has 1 aromatic heterocycles. The lowest BCUT2D eigenvalue weighted by molar-refractivity contribution is 0.102. The van der Waals surface area contributed by atoms with Gasteiger partial charge in [-0.05, 0) is 37.3 Å². The van der Waals surface area contributed by atoms with Crippen LogP contribution in [0.1, 0.15) is 41.6 Å². The highest BCUT2D eigenvalue weighted by atomic mass is 16.5. The van der Waals surface area contributed by atoms with Gasteiger partial charge in [-0.25, -0.2) is 4.79 Å². The van der Waals surface area contributed by atoms with E-state index in [4.69, 9.17) is 4.52 Å². The fourth-order valence-electron chi connectivity index (χ4n) is 2.74. The highest BCUT2D eigenvalue weighted by Gasteiger charge is 2.22. The van der Waals surface area contributed by atoms with Crippen molar-refractivity contribution in [2.45, 2.75) is 26.7 Å². The first-order valence-corrected chi connectivity index (χ1v) is 8.94. The minimum atomic E-state index is -0.369. The number of hydrogen-bond donors (Lipinski definition) is 3. The van der Waals surface area contributed by atoms with Crippen molar-refractivity contribution < 1.29 is 14.1 Å². The first-order valence-electron chi connectivity index (χ1n) is 8.94. The summed E-state index contributed by atoms with van der Waals surface area (Å²) in [6, 6.07) is 15.7. The summed E-state index contributed by atoms with van der Waals surface area (Å²) in [4.78, 5) is 24.8. The molecule has 7 nitrogen and oxygen atoms in total. The van der Waals surface area contributed by atoms with Crippen molar-refractivity contribution in [1.82, 2.24) is 5.16 Å². The van der Waals surface area contributed by atoms with E-state index in [1.165, 1.54) is 0 Å². The van der Waals surface area contributed by atoms with E-state index >= 15 is 0 Å². The molecule has 3 rings (SSSR count). The second kappa shape index (κ2) is 8.39. The standard InChI is InChI=1S/C21H22N4O3/c1-13(2)19-18(14(3)25-28-19)20(26)22-16-10-7-11-17(12-16)24-21(27)23-15-8-5-4-6-9-15/h4-13H,1-3H3,(H,22,26)(H2,23,24,27). The number of hydrogen-bond acceptors (Lipinski definition) is 4. The van der Waals surface area contributed by atoms with E-state index in [-0.39, 0.29) is 17.9 Å². The van der Waals surface area contributed by atoms with Crippen LogP contribution in [0.2, 0.25) is 0 Å². The van der Waals surface area contributed by atoms with Gasteiger partial charge in [0, 0.05) is 23.0 Å². The third kappa shape index (κ3) is 4.56. The van der Waals surface area contributed by atoms with Gasteiger partial charge in [-0.15, -0.1) is 0 Å². The number of aromatic nitrogens is 1. The Balaban J connectivity index is 1.69. The summed E-state index contributed by atoms with van der Waals surface area (Å²) in [5.74, 6) is 0.288. The summed E-state index contributed by atoms with van der Waals surface area (Å²) < 4.78 is 5.27. The number of carbonyl (C=O) groups excluding carboxylic acids is 2. The van der Waals surface area contributed by atoms with Crippen molar-refractivity contribution in [2.24, 2.45) is 0 Å². The van der Waals surface area contributed by atoms with Crippen LogP contribution < -0.4 is 16.0 Å². The largest absolute Gasteiger partial charge is 0.360 e.